The number of amides is 1. The lowest BCUT2D eigenvalue weighted by molar-refractivity contribution is -0.116. The van der Waals surface area contributed by atoms with Gasteiger partial charge in [0.2, 0.25) is 15.9 Å². The Morgan fingerprint density at radius 3 is 2.50 bits per heavy atom. The topological polar surface area (TPSA) is 75.3 Å². The third kappa shape index (κ3) is 5.60. The van der Waals surface area contributed by atoms with Crippen molar-refractivity contribution in [1.82, 2.24) is 10.0 Å². The maximum absolute atomic E-state index is 11.0. The molecule has 0 atom stereocenters. The fourth-order valence-electron chi connectivity index (χ4n) is 1.33. The number of benzene rings is 1. The molecule has 1 rings (SSSR count). The molecule has 18 heavy (non-hydrogen) atoms. The summed E-state index contributed by atoms with van der Waals surface area (Å²) in [7, 11) is -3.20. The quantitative estimate of drug-likeness (QED) is 0.739. The van der Waals surface area contributed by atoms with Crippen molar-refractivity contribution >= 4 is 15.9 Å². The fraction of sp³-hybridized carbons (Fsp3) is 0.250. The zero-order valence-corrected chi connectivity index (χ0v) is 11.0. The van der Waals surface area contributed by atoms with Crippen LogP contribution in [0.5, 0.6) is 0 Å². The normalized spacial score (nSPS) is 10.9. The first-order valence-corrected chi connectivity index (χ1v) is 7.22. The molecule has 0 aliphatic heterocycles. The van der Waals surface area contributed by atoms with E-state index < -0.39 is 10.0 Å². The maximum atomic E-state index is 11.0. The van der Waals surface area contributed by atoms with Crippen LogP contribution < -0.4 is 10.0 Å². The van der Waals surface area contributed by atoms with E-state index in [4.69, 9.17) is 0 Å². The highest BCUT2D eigenvalue weighted by molar-refractivity contribution is 7.88. The Morgan fingerprint density at radius 2 is 1.94 bits per heavy atom. The molecule has 0 radical (unpaired) electrons. The van der Waals surface area contributed by atoms with Crippen LogP contribution in [0.25, 0.3) is 0 Å². The van der Waals surface area contributed by atoms with Crippen molar-refractivity contribution in [3.8, 4) is 0 Å². The summed E-state index contributed by atoms with van der Waals surface area (Å²) in [5, 5.41) is 2.65. The predicted octanol–water partition coefficient (Wildman–Crippen LogP) is 0.538. The van der Waals surface area contributed by atoms with E-state index in [1.165, 1.54) is 6.08 Å². The minimum absolute atomic E-state index is 0.238. The minimum Gasteiger partial charge on any atom is -0.348 e. The molecule has 0 bridgehead atoms. The second-order valence-corrected chi connectivity index (χ2v) is 5.67. The van der Waals surface area contributed by atoms with Crippen LogP contribution in [0.4, 0.5) is 0 Å². The molecule has 0 saturated carbocycles. The summed E-state index contributed by atoms with van der Waals surface area (Å²) >= 11 is 0. The maximum Gasteiger partial charge on any atom is 0.243 e. The van der Waals surface area contributed by atoms with Crippen molar-refractivity contribution in [3.05, 3.63) is 48.0 Å². The van der Waals surface area contributed by atoms with Crippen LogP contribution in [0.1, 0.15) is 11.1 Å². The van der Waals surface area contributed by atoms with Gasteiger partial charge in [-0.25, -0.2) is 13.1 Å². The molecule has 0 aliphatic carbocycles. The molecule has 0 aromatic heterocycles. The Kier molecular flexibility index (Phi) is 5.06. The monoisotopic (exact) mass is 268 g/mol. The molecule has 0 spiro atoms. The number of carbonyl (C=O) groups excluding carboxylic acids is 1. The van der Waals surface area contributed by atoms with Crippen LogP contribution in [0.2, 0.25) is 0 Å². The number of nitrogens with one attached hydrogen (secondary N) is 2. The van der Waals surface area contributed by atoms with E-state index >= 15 is 0 Å². The summed E-state index contributed by atoms with van der Waals surface area (Å²) in [6.45, 7) is 3.98. The highest BCUT2D eigenvalue weighted by atomic mass is 32.2. The lowest BCUT2D eigenvalue weighted by atomic mass is 10.1. The van der Waals surface area contributed by atoms with Gasteiger partial charge < -0.3 is 5.32 Å². The van der Waals surface area contributed by atoms with Crippen LogP contribution in [-0.4, -0.2) is 20.6 Å². The molecule has 1 amide bonds. The van der Waals surface area contributed by atoms with Crippen molar-refractivity contribution in [1.29, 1.82) is 0 Å². The molecule has 0 heterocycles. The number of carbonyl (C=O) groups is 1. The van der Waals surface area contributed by atoms with Crippen LogP contribution in [0.3, 0.4) is 0 Å². The van der Waals surface area contributed by atoms with E-state index in [0.29, 0.717) is 6.54 Å². The van der Waals surface area contributed by atoms with Gasteiger partial charge in [-0.15, -0.1) is 0 Å². The number of sulfonamides is 1. The first-order chi connectivity index (χ1) is 8.40. The Labute approximate surface area is 107 Å². The van der Waals surface area contributed by atoms with E-state index in [9.17, 15) is 13.2 Å². The number of hydrogen-bond donors (Lipinski definition) is 2. The van der Waals surface area contributed by atoms with Gasteiger partial charge in [-0.3, -0.25) is 4.79 Å². The molecule has 5 nitrogen and oxygen atoms in total. The van der Waals surface area contributed by atoms with Crippen LogP contribution in [0.15, 0.2) is 36.9 Å². The van der Waals surface area contributed by atoms with E-state index in [1.54, 1.807) is 0 Å². The third-order valence-corrected chi connectivity index (χ3v) is 2.85. The van der Waals surface area contributed by atoms with Gasteiger partial charge >= 0.3 is 0 Å². The zero-order valence-electron chi connectivity index (χ0n) is 10.1. The SMILES string of the molecule is C=CC(=O)NCc1cccc(CNS(C)(=O)=O)c1. The highest BCUT2D eigenvalue weighted by Gasteiger charge is 2.02. The van der Waals surface area contributed by atoms with Gasteiger partial charge in [-0.2, -0.15) is 0 Å². The molecule has 0 saturated heterocycles. The van der Waals surface area contributed by atoms with Crippen molar-refractivity contribution in [2.75, 3.05) is 6.26 Å². The predicted molar refractivity (Wildman–Crippen MR) is 70.2 cm³/mol. The third-order valence-electron chi connectivity index (χ3n) is 2.18. The molecule has 0 fully saturated rings. The van der Waals surface area contributed by atoms with E-state index in [-0.39, 0.29) is 12.5 Å². The van der Waals surface area contributed by atoms with Gasteiger partial charge in [-0.1, -0.05) is 30.8 Å². The number of hydrogen-bond acceptors (Lipinski definition) is 3. The van der Waals surface area contributed by atoms with Crippen LogP contribution in [-0.2, 0) is 27.9 Å². The van der Waals surface area contributed by atoms with Crippen molar-refractivity contribution in [3.63, 3.8) is 0 Å². The molecule has 1 aromatic carbocycles. The lowest BCUT2D eigenvalue weighted by Crippen LogP contribution is -2.22. The second kappa shape index (κ2) is 6.32. The van der Waals surface area contributed by atoms with E-state index in [2.05, 4.69) is 16.6 Å². The van der Waals surface area contributed by atoms with Gasteiger partial charge in [0, 0.05) is 13.1 Å². The summed E-state index contributed by atoms with van der Waals surface area (Å²) in [5.41, 5.74) is 1.74. The summed E-state index contributed by atoms with van der Waals surface area (Å²) in [5.74, 6) is -0.241. The van der Waals surface area contributed by atoms with Crippen molar-refractivity contribution in [2.24, 2.45) is 0 Å². The minimum atomic E-state index is -3.20. The Hall–Kier alpha value is -1.66. The first-order valence-electron chi connectivity index (χ1n) is 5.33. The summed E-state index contributed by atoms with van der Waals surface area (Å²) in [6.07, 6.45) is 2.32. The summed E-state index contributed by atoms with van der Waals surface area (Å²) < 4.78 is 24.3. The van der Waals surface area contributed by atoms with Gasteiger partial charge in [0.25, 0.3) is 0 Å². The largest absolute Gasteiger partial charge is 0.348 e. The molecule has 98 valence electrons. The molecule has 1 aromatic rings. The van der Waals surface area contributed by atoms with Gasteiger partial charge in [0.05, 0.1) is 6.26 Å². The zero-order chi connectivity index (χ0) is 13.6. The molecule has 2 N–H and O–H groups in total. The molecular weight excluding hydrogens is 252 g/mol. The average molecular weight is 268 g/mol. The van der Waals surface area contributed by atoms with Gasteiger partial charge in [0.1, 0.15) is 0 Å². The Bertz CT molecular complexity index is 538. The lowest BCUT2D eigenvalue weighted by Gasteiger charge is -2.06. The first kappa shape index (κ1) is 14.4. The molecule has 0 unspecified atom stereocenters. The second-order valence-electron chi connectivity index (χ2n) is 3.84. The van der Waals surface area contributed by atoms with E-state index in [1.807, 2.05) is 24.3 Å². The van der Waals surface area contributed by atoms with Gasteiger partial charge in [0.15, 0.2) is 0 Å². The molecule has 6 heteroatoms. The van der Waals surface area contributed by atoms with Crippen molar-refractivity contribution < 1.29 is 13.2 Å². The highest BCUT2D eigenvalue weighted by Crippen LogP contribution is 2.05. The van der Waals surface area contributed by atoms with Crippen LogP contribution in [0, 0.1) is 0 Å². The standard InChI is InChI=1S/C12H16N2O3S/c1-3-12(15)13-8-10-5-4-6-11(7-10)9-14-18(2,16)17/h3-7,14H,1,8-9H2,2H3,(H,13,15). The Morgan fingerprint density at radius 1 is 1.33 bits per heavy atom. The molecular formula is C12H16N2O3S. The average Bonchev–Trinajstić information content (AvgIpc) is 2.33. The number of rotatable bonds is 6. The van der Waals surface area contributed by atoms with Crippen LogP contribution >= 0.6 is 0 Å². The van der Waals surface area contributed by atoms with Gasteiger partial charge in [-0.05, 0) is 17.2 Å². The van der Waals surface area contributed by atoms with Crippen molar-refractivity contribution in [2.45, 2.75) is 13.1 Å². The fourth-order valence-corrected chi connectivity index (χ4v) is 1.75. The molecule has 0 aliphatic rings. The van der Waals surface area contributed by atoms with E-state index in [0.717, 1.165) is 17.4 Å². The summed E-state index contributed by atoms with van der Waals surface area (Å²) in [6, 6.07) is 7.32. The Balaban J connectivity index is 2.62. The summed E-state index contributed by atoms with van der Waals surface area (Å²) in [4.78, 5) is 11.0. The smallest absolute Gasteiger partial charge is 0.243 e.